The number of anilines is 1. The number of ether oxygens (including phenoxy) is 1. The Morgan fingerprint density at radius 1 is 1.33 bits per heavy atom. The minimum Gasteiger partial charge on any atom is -0.377 e. The zero-order valence-corrected chi connectivity index (χ0v) is 13.0. The molecule has 3 nitrogen and oxygen atoms in total. The van der Waals surface area contributed by atoms with Crippen LogP contribution in [-0.2, 0) is 11.3 Å². The van der Waals surface area contributed by atoms with E-state index in [4.69, 9.17) is 4.74 Å². The second-order valence-corrected chi connectivity index (χ2v) is 5.87. The fourth-order valence-corrected chi connectivity index (χ4v) is 2.85. The molecule has 118 valence electrons. The summed E-state index contributed by atoms with van der Waals surface area (Å²) in [6.45, 7) is 6.34. The maximum absolute atomic E-state index is 14.3. The van der Waals surface area contributed by atoms with Crippen LogP contribution in [0.2, 0.25) is 0 Å². The summed E-state index contributed by atoms with van der Waals surface area (Å²) in [5.74, 6) is -0.994. The zero-order chi connectivity index (χ0) is 15.5. The predicted molar refractivity (Wildman–Crippen MR) is 80.6 cm³/mol. The first kappa shape index (κ1) is 16.2. The first-order chi connectivity index (χ1) is 9.99. The third-order valence-electron chi connectivity index (χ3n) is 4.12. The van der Waals surface area contributed by atoms with Crippen molar-refractivity contribution in [1.82, 2.24) is 5.32 Å². The molecule has 1 aromatic carbocycles. The molecule has 0 bridgehead atoms. The molecule has 0 aliphatic carbocycles. The van der Waals surface area contributed by atoms with Gasteiger partial charge in [0.15, 0.2) is 0 Å². The normalized spacial score (nSPS) is 22.6. The largest absolute Gasteiger partial charge is 0.377 e. The Morgan fingerprint density at radius 3 is 2.57 bits per heavy atom. The lowest BCUT2D eigenvalue weighted by molar-refractivity contribution is -0.00489. The highest BCUT2D eigenvalue weighted by Gasteiger charge is 2.33. The molecule has 1 aromatic rings. The van der Waals surface area contributed by atoms with E-state index < -0.39 is 11.6 Å². The van der Waals surface area contributed by atoms with Crippen molar-refractivity contribution in [2.75, 3.05) is 31.6 Å². The minimum atomic E-state index is -0.497. The predicted octanol–water partition coefficient (Wildman–Crippen LogP) is 3.08. The topological polar surface area (TPSA) is 24.5 Å². The molecule has 1 saturated heterocycles. The summed E-state index contributed by atoms with van der Waals surface area (Å²) in [5, 5.41) is 3.07. The number of rotatable bonds is 5. The summed E-state index contributed by atoms with van der Waals surface area (Å²) >= 11 is 0. The van der Waals surface area contributed by atoms with Crippen LogP contribution in [0.1, 0.15) is 32.3 Å². The lowest BCUT2D eigenvalue weighted by atomic mass is 9.94. The van der Waals surface area contributed by atoms with E-state index >= 15 is 0 Å². The lowest BCUT2D eigenvalue weighted by Gasteiger charge is -2.40. The number of nitrogens with zero attached hydrogens (tertiary/aromatic N) is 1. The fourth-order valence-electron chi connectivity index (χ4n) is 2.85. The molecule has 0 radical (unpaired) electrons. The Labute approximate surface area is 125 Å². The van der Waals surface area contributed by atoms with Crippen molar-refractivity contribution in [2.45, 2.75) is 38.8 Å². The molecule has 0 spiro atoms. The van der Waals surface area contributed by atoms with Gasteiger partial charge in [-0.15, -0.1) is 0 Å². The minimum absolute atomic E-state index is 0.0678. The molecule has 1 unspecified atom stereocenters. The van der Waals surface area contributed by atoms with Crippen LogP contribution in [0, 0.1) is 11.6 Å². The van der Waals surface area contributed by atoms with Crippen molar-refractivity contribution in [2.24, 2.45) is 0 Å². The average molecular weight is 298 g/mol. The van der Waals surface area contributed by atoms with Gasteiger partial charge >= 0.3 is 0 Å². The molecule has 1 N–H and O–H groups in total. The quantitative estimate of drug-likeness (QED) is 0.904. The summed E-state index contributed by atoms with van der Waals surface area (Å²) in [4.78, 5) is 1.76. The van der Waals surface area contributed by atoms with Crippen LogP contribution in [0.5, 0.6) is 0 Å². The van der Waals surface area contributed by atoms with E-state index in [2.05, 4.69) is 5.32 Å². The average Bonchev–Trinajstić information content (AvgIpc) is 2.44. The van der Waals surface area contributed by atoms with Crippen molar-refractivity contribution in [3.8, 4) is 0 Å². The Hall–Kier alpha value is -1.20. The van der Waals surface area contributed by atoms with Gasteiger partial charge < -0.3 is 15.0 Å². The van der Waals surface area contributed by atoms with Gasteiger partial charge in [0.2, 0.25) is 0 Å². The molecular formula is C16H24F2N2O. The van der Waals surface area contributed by atoms with E-state index in [1.54, 1.807) is 12.0 Å². The Morgan fingerprint density at radius 2 is 2.00 bits per heavy atom. The maximum Gasteiger partial charge on any atom is 0.149 e. The third kappa shape index (κ3) is 3.71. The number of hydrogen-bond acceptors (Lipinski definition) is 3. The van der Waals surface area contributed by atoms with Crippen molar-refractivity contribution in [3.05, 3.63) is 29.3 Å². The summed E-state index contributed by atoms with van der Waals surface area (Å²) in [5.41, 5.74) is 0.347. The second kappa shape index (κ2) is 6.71. The molecule has 1 aliphatic rings. The van der Waals surface area contributed by atoms with E-state index in [0.717, 1.165) is 19.4 Å². The third-order valence-corrected chi connectivity index (χ3v) is 4.12. The molecular weight excluding hydrogens is 274 g/mol. The van der Waals surface area contributed by atoms with E-state index in [1.807, 2.05) is 13.8 Å². The van der Waals surface area contributed by atoms with E-state index in [0.29, 0.717) is 25.2 Å². The standard InChI is InChI=1S/C16H24F2N2O/c1-4-19-10-12-8-13(17)15(14(18)9-12)20-7-5-6-16(2,11-20)21-3/h8-9,19H,4-7,10-11H2,1-3H3. The van der Waals surface area contributed by atoms with Crippen LogP contribution in [0.4, 0.5) is 14.5 Å². The van der Waals surface area contributed by atoms with Gasteiger partial charge in [0.1, 0.15) is 17.3 Å². The van der Waals surface area contributed by atoms with Crippen LogP contribution in [0.15, 0.2) is 12.1 Å². The highest BCUT2D eigenvalue weighted by atomic mass is 19.1. The van der Waals surface area contributed by atoms with Crippen LogP contribution in [-0.4, -0.2) is 32.3 Å². The van der Waals surface area contributed by atoms with Gasteiger partial charge in [0, 0.05) is 26.7 Å². The van der Waals surface area contributed by atoms with E-state index in [-0.39, 0.29) is 11.3 Å². The van der Waals surface area contributed by atoms with Crippen LogP contribution in [0.3, 0.4) is 0 Å². The van der Waals surface area contributed by atoms with Crippen LogP contribution >= 0.6 is 0 Å². The molecule has 5 heteroatoms. The number of nitrogens with one attached hydrogen (secondary N) is 1. The van der Waals surface area contributed by atoms with E-state index in [9.17, 15) is 8.78 Å². The summed E-state index contributed by atoms with van der Waals surface area (Å²) in [6, 6.07) is 2.83. The van der Waals surface area contributed by atoms with Gasteiger partial charge in [-0.05, 0) is 44.0 Å². The highest BCUT2D eigenvalue weighted by molar-refractivity contribution is 5.51. The maximum atomic E-state index is 14.3. The van der Waals surface area contributed by atoms with Gasteiger partial charge in [-0.1, -0.05) is 6.92 Å². The number of benzene rings is 1. The molecule has 21 heavy (non-hydrogen) atoms. The Kier molecular flexibility index (Phi) is 5.17. The SMILES string of the molecule is CCNCc1cc(F)c(N2CCCC(C)(OC)C2)c(F)c1. The lowest BCUT2D eigenvalue weighted by Crippen LogP contribution is -2.48. The number of hydrogen-bond donors (Lipinski definition) is 1. The monoisotopic (exact) mass is 298 g/mol. The van der Waals surface area contributed by atoms with Gasteiger partial charge in [0.25, 0.3) is 0 Å². The zero-order valence-electron chi connectivity index (χ0n) is 13.0. The Bertz CT molecular complexity index is 472. The smallest absolute Gasteiger partial charge is 0.149 e. The molecule has 1 fully saturated rings. The number of piperidine rings is 1. The fraction of sp³-hybridized carbons (Fsp3) is 0.625. The molecule has 1 heterocycles. The van der Waals surface area contributed by atoms with Gasteiger partial charge in [-0.2, -0.15) is 0 Å². The number of halogens is 2. The summed E-state index contributed by atoms with van der Waals surface area (Å²) in [6.07, 6.45) is 1.77. The molecule has 2 rings (SSSR count). The summed E-state index contributed by atoms with van der Waals surface area (Å²) in [7, 11) is 1.65. The van der Waals surface area contributed by atoms with Gasteiger partial charge in [-0.25, -0.2) is 8.78 Å². The van der Waals surface area contributed by atoms with E-state index in [1.165, 1.54) is 12.1 Å². The van der Waals surface area contributed by atoms with Gasteiger partial charge in [-0.3, -0.25) is 0 Å². The van der Waals surface area contributed by atoms with Crippen molar-refractivity contribution in [1.29, 1.82) is 0 Å². The molecule has 1 atom stereocenters. The number of methoxy groups -OCH3 is 1. The summed E-state index contributed by atoms with van der Waals surface area (Å²) < 4.78 is 34.1. The molecule has 0 aromatic heterocycles. The molecule has 0 saturated carbocycles. The Balaban J connectivity index is 2.23. The van der Waals surface area contributed by atoms with Crippen molar-refractivity contribution < 1.29 is 13.5 Å². The first-order valence-corrected chi connectivity index (χ1v) is 7.48. The first-order valence-electron chi connectivity index (χ1n) is 7.48. The molecule has 1 aliphatic heterocycles. The van der Waals surface area contributed by atoms with Crippen molar-refractivity contribution in [3.63, 3.8) is 0 Å². The second-order valence-electron chi connectivity index (χ2n) is 5.87. The van der Waals surface area contributed by atoms with Crippen LogP contribution < -0.4 is 10.2 Å². The van der Waals surface area contributed by atoms with Crippen LogP contribution in [0.25, 0.3) is 0 Å². The van der Waals surface area contributed by atoms with Gasteiger partial charge in [0.05, 0.1) is 5.60 Å². The molecule has 0 amide bonds. The highest BCUT2D eigenvalue weighted by Crippen LogP contribution is 2.32. The van der Waals surface area contributed by atoms with Crippen molar-refractivity contribution >= 4 is 5.69 Å².